The Balaban J connectivity index is 1.98. The van der Waals surface area contributed by atoms with E-state index in [1.807, 2.05) is 36.4 Å². The van der Waals surface area contributed by atoms with E-state index in [0.717, 1.165) is 30.0 Å². The lowest BCUT2D eigenvalue weighted by Crippen LogP contribution is -2.29. The molecular weight excluding hydrogens is 282 g/mol. The molecule has 0 N–H and O–H groups in total. The molecule has 0 aliphatic carbocycles. The first kappa shape index (κ1) is 14.5. The van der Waals surface area contributed by atoms with E-state index >= 15 is 0 Å². The number of hydrogen-bond acceptors (Lipinski definition) is 2. The number of benzene rings is 2. The van der Waals surface area contributed by atoms with Crippen LogP contribution in [0.2, 0.25) is 0 Å². The van der Waals surface area contributed by atoms with Gasteiger partial charge in [-0.3, -0.25) is 0 Å². The number of nitrogens with zero attached hydrogens (tertiary/aromatic N) is 1. The molecule has 2 aromatic carbocycles. The summed E-state index contributed by atoms with van der Waals surface area (Å²) in [5.41, 5.74) is 0. The molecule has 0 aromatic heterocycles. The van der Waals surface area contributed by atoms with Gasteiger partial charge in [-0.1, -0.05) is 49.7 Å². The minimum Gasteiger partial charge on any atom is -0.207 e. The van der Waals surface area contributed by atoms with E-state index in [4.69, 9.17) is 0 Å². The van der Waals surface area contributed by atoms with Crippen LogP contribution in [0, 0.1) is 5.92 Å². The number of rotatable bonds is 4. The lowest BCUT2D eigenvalue weighted by atomic mass is 10.0. The quantitative estimate of drug-likeness (QED) is 0.864. The van der Waals surface area contributed by atoms with Gasteiger partial charge in [0.2, 0.25) is 10.0 Å². The first-order valence-corrected chi connectivity index (χ1v) is 9.05. The molecule has 0 spiro atoms. The van der Waals surface area contributed by atoms with Crippen LogP contribution >= 0.6 is 0 Å². The van der Waals surface area contributed by atoms with E-state index in [9.17, 15) is 8.42 Å². The third-order valence-electron chi connectivity index (χ3n) is 4.31. The molecule has 1 aliphatic rings. The number of sulfonamides is 1. The fourth-order valence-corrected chi connectivity index (χ4v) is 4.96. The van der Waals surface area contributed by atoms with E-state index in [1.54, 1.807) is 10.4 Å². The second-order valence-corrected chi connectivity index (χ2v) is 7.69. The molecule has 2 aromatic rings. The Labute approximate surface area is 126 Å². The average molecular weight is 303 g/mol. The van der Waals surface area contributed by atoms with Gasteiger partial charge in [0.1, 0.15) is 0 Å². The highest BCUT2D eigenvalue weighted by Crippen LogP contribution is 2.30. The maximum atomic E-state index is 12.9. The Morgan fingerprint density at radius 2 is 1.90 bits per heavy atom. The van der Waals surface area contributed by atoms with Crippen molar-refractivity contribution in [1.29, 1.82) is 0 Å². The third-order valence-corrected chi connectivity index (χ3v) is 6.24. The lowest BCUT2D eigenvalue weighted by Gasteiger charge is -2.18. The van der Waals surface area contributed by atoms with E-state index in [2.05, 4.69) is 6.92 Å². The van der Waals surface area contributed by atoms with Gasteiger partial charge >= 0.3 is 0 Å². The molecule has 1 saturated heterocycles. The van der Waals surface area contributed by atoms with Crippen LogP contribution in [-0.4, -0.2) is 25.8 Å². The minimum atomic E-state index is -3.38. The van der Waals surface area contributed by atoms with Crippen molar-refractivity contribution in [2.75, 3.05) is 13.1 Å². The van der Waals surface area contributed by atoms with E-state index in [1.165, 1.54) is 0 Å². The van der Waals surface area contributed by atoms with E-state index in [-0.39, 0.29) is 0 Å². The summed E-state index contributed by atoms with van der Waals surface area (Å²) in [5.74, 6) is 0.514. The third kappa shape index (κ3) is 2.70. The van der Waals surface area contributed by atoms with Gasteiger partial charge in [0, 0.05) is 18.5 Å². The predicted molar refractivity (Wildman–Crippen MR) is 85.7 cm³/mol. The minimum absolute atomic E-state index is 0.442. The second kappa shape index (κ2) is 5.78. The smallest absolute Gasteiger partial charge is 0.207 e. The highest BCUT2D eigenvalue weighted by Gasteiger charge is 2.32. The van der Waals surface area contributed by atoms with E-state index < -0.39 is 10.0 Å². The van der Waals surface area contributed by atoms with Crippen molar-refractivity contribution in [3.8, 4) is 0 Å². The van der Waals surface area contributed by atoms with Gasteiger partial charge in [0.05, 0.1) is 4.90 Å². The highest BCUT2D eigenvalue weighted by atomic mass is 32.2. The fraction of sp³-hybridized carbons (Fsp3) is 0.412. The zero-order chi connectivity index (χ0) is 14.9. The first-order chi connectivity index (χ1) is 10.1. The van der Waals surface area contributed by atoms with Gasteiger partial charge in [-0.05, 0) is 30.2 Å². The molecule has 0 radical (unpaired) electrons. The summed E-state index contributed by atoms with van der Waals surface area (Å²) < 4.78 is 27.5. The van der Waals surface area contributed by atoms with Gasteiger partial charge in [-0.15, -0.1) is 0 Å². The molecule has 21 heavy (non-hydrogen) atoms. The van der Waals surface area contributed by atoms with Crippen LogP contribution in [0.15, 0.2) is 47.4 Å². The van der Waals surface area contributed by atoms with Gasteiger partial charge in [-0.2, -0.15) is 4.31 Å². The second-order valence-electron chi connectivity index (χ2n) is 5.78. The van der Waals surface area contributed by atoms with Crippen molar-refractivity contribution in [3.05, 3.63) is 42.5 Å². The normalized spacial score (nSPS) is 20.1. The summed E-state index contributed by atoms with van der Waals surface area (Å²) in [6.07, 6.45) is 3.21. The fourth-order valence-electron chi connectivity index (χ4n) is 3.22. The van der Waals surface area contributed by atoms with Crippen molar-refractivity contribution in [1.82, 2.24) is 4.31 Å². The SMILES string of the molecule is CCCC1CCN(S(=O)(=O)c2cccc3ccccc23)C1. The Bertz CT molecular complexity index is 734. The summed E-state index contributed by atoms with van der Waals surface area (Å²) in [5, 5.41) is 1.79. The zero-order valence-electron chi connectivity index (χ0n) is 12.3. The molecule has 1 atom stereocenters. The molecule has 3 nitrogen and oxygen atoms in total. The molecule has 1 aliphatic heterocycles. The topological polar surface area (TPSA) is 37.4 Å². The van der Waals surface area contributed by atoms with Gasteiger partial charge < -0.3 is 0 Å². The summed E-state index contributed by atoms with van der Waals surface area (Å²) in [4.78, 5) is 0.442. The van der Waals surface area contributed by atoms with Crippen molar-refractivity contribution in [2.45, 2.75) is 31.1 Å². The first-order valence-electron chi connectivity index (χ1n) is 7.61. The summed E-state index contributed by atoms with van der Waals surface area (Å²) in [6, 6.07) is 13.2. The Morgan fingerprint density at radius 1 is 1.14 bits per heavy atom. The van der Waals surface area contributed by atoms with Crippen LogP contribution in [0.25, 0.3) is 10.8 Å². The predicted octanol–water partition coefficient (Wildman–Crippen LogP) is 3.65. The highest BCUT2D eigenvalue weighted by molar-refractivity contribution is 7.89. The van der Waals surface area contributed by atoms with Crippen LogP contribution in [-0.2, 0) is 10.0 Å². The van der Waals surface area contributed by atoms with Crippen LogP contribution < -0.4 is 0 Å². The molecule has 0 amide bonds. The van der Waals surface area contributed by atoms with Crippen molar-refractivity contribution >= 4 is 20.8 Å². The Morgan fingerprint density at radius 3 is 2.71 bits per heavy atom. The lowest BCUT2D eigenvalue weighted by molar-refractivity contribution is 0.445. The van der Waals surface area contributed by atoms with Crippen LogP contribution in [0.3, 0.4) is 0 Å². The maximum Gasteiger partial charge on any atom is 0.243 e. The molecular formula is C17H21NO2S. The summed E-state index contributed by atoms with van der Waals surface area (Å²) >= 11 is 0. The standard InChI is InChI=1S/C17H21NO2S/c1-2-6-14-11-12-18(13-14)21(19,20)17-10-5-8-15-7-3-4-9-16(15)17/h3-5,7-10,14H,2,6,11-13H2,1H3. The van der Waals surface area contributed by atoms with Gasteiger partial charge in [0.25, 0.3) is 0 Å². The molecule has 1 unspecified atom stereocenters. The van der Waals surface area contributed by atoms with Crippen molar-refractivity contribution < 1.29 is 8.42 Å². The average Bonchev–Trinajstić information content (AvgIpc) is 2.96. The number of fused-ring (bicyclic) bond motifs is 1. The monoisotopic (exact) mass is 303 g/mol. The molecule has 3 rings (SSSR count). The van der Waals surface area contributed by atoms with Crippen LogP contribution in [0.5, 0.6) is 0 Å². The number of hydrogen-bond donors (Lipinski definition) is 0. The summed E-state index contributed by atoms with van der Waals surface area (Å²) in [7, 11) is -3.38. The van der Waals surface area contributed by atoms with Crippen molar-refractivity contribution in [3.63, 3.8) is 0 Å². The molecule has 0 saturated carbocycles. The Kier molecular flexibility index (Phi) is 4.00. The van der Waals surface area contributed by atoms with Crippen LogP contribution in [0.4, 0.5) is 0 Å². The molecule has 1 heterocycles. The van der Waals surface area contributed by atoms with Crippen molar-refractivity contribution in [2.24, 2.45) is 5.92 Å². The van der Waals surface area contributed by atoms with E-state index in [0.29, 0.717) is 23.9 Å². The van der Waals surface area contributed by atoms with Gasteiger partial charge in [0.15, 0.2) is 0 Å². The van der Waals surface area contributed by atoms with Crippen LogP contribution in [0.1, 0.15) is 26.2 Å². The molecule has 1 fully saturated rings. The Hall–Kier alpha value is -1.39. The maximum absolute atomic E-state index is 12.9. The molecule has 4 heteroatoms. The molecule has 0 bridgehead atoms. The largest absolute Gasteiger partial charge is 0.243 e. The molecule has 112 valence electrons. The zero-order valence-corrected chi connectivity index (χ0v) is 13.1. The van der Waals surface area contributed by atoms with Gasteiger partial charge in [-0.25, -0.2) is 8.42 Å². The summed E-state index contributed by atoms with van der Waals surface area (Å²) in [6.45, 7) is 3.47.